The molecule has 1 atom stereocenters. The van der Waals surface area contributed by atoms with Crippen LogP contribution in [-0.4, -0.2) is 46.2 Å². The highest BCUT2D eigenvalue weighted by atomic mass is 16.6. The van der Waals surface area contributed by atoms with Gasteiger partial charge >= 0.3 is 5.69 Å². The lowest BCUT2D eigenvalue weighted by Crippen LogP contribution is -2.26. The molecule has 1 aromatic rings. The van der Waals surface area contributed by atoms with Crippen molar-refractivity contribution in [1.82, 2.24) is 9.78 Å². The van der Waals surface area contributed by atoms with Crippen molar-refractivity contribution in [3.8, 4) is 0 Å². The number of ether oxygens (including phenoxy) is 1. The molecular formula is C9H16N4O4. The van der Waals surface area contributed by atoms with E-state index in [1.807, 2.05) is 0 Å². The topological polar surface area (TPSA) is 102 Å². The number of nitro groups is 1. The Hall–Kier alpha value is -1.67. The van der Waals surface area contributed by atoms with E-state index in [9.17, 15) is 10.1 Å². The molecule has 8 nitrogen and oxygen atoms in total. The summed E-state index contributed by atoms with van der Waals surface area (Å²) in [4.78, 5) is 10.3. The molecule has 0 amide bonds. The van der Waals surface area contributed by atoms with E-state index in [1.54, 1.807) is 7.05 Å². The largest absolute Gasteiger partial charge is 0.396 e. The third-order valence-corrected chi connectivity index (χ3v) is 2.19. The van der Waals surface area contributed by atoms with Crippen molar-refractivity contribution in [2.75, 3.05) is 25.6 Å². The van der Waals surface area contributed by atoms with Crippen molar-refractivity contribution < 1.29 is 14.8 Å². The first-order valence-electron chi connectivity index (χ1n) is 5.12. The predicted molar refractivity (Wildman–Crippen MR) is 60.9 cm³/mol. The third kappa shape index (κ3) is 3.68. The number of hydrogen-bond acceptors (Lipinski definition) is 6. The Bertz CT molecular complexity index is 373. The van der Waals surface area contributed by atoms with Gasteiger partial charge in [-0.15, -0.1) is 5.10 Å². The maximum atomic E-state index is 10.8. The Kier molecular flexibility index (Phi) is 4.85. The highest BCUT2D eigenvalue weighted by Crippen LogP contribution is 2.22. The summed E-state index contributed by atoms with van der Waals surface area (Å²) in [6, 6.07) is -0.210. The maximum absolute atomic E-state index is 10.8. The van der Waals surface area contributed by atoms with Gasteiger partial charge in [-0.25, -0.2) is 0 Å². The van der Waals surface area contributed by atoms with Crippen LogP contribution in [0.15, 0.2) is 6.20 Å². The predicted octanol–water partition coefficient (Wildman–Crippen LogP) is 0.138. The zero-order chi connectivity index (χ0) is 12.8. The molecule has 96 valence electrons. The molecule has 1 aromatic heterocycles. The number of aliphatic hydroxyl groups is 1. The zero-order valence-electron chi connectivity index (χ0n) is 9.79. The SMILES string of the molecule is COCC(CCO)Nc1nn(C)cc1[N+](=O)[O-]. The minimum Gasteiger partial charge on any atom is -0.396 e. The van der Waals surface area contributed by atoms with Gasteiger partial charge < -0.3 is 15.2 Å². The van der Waals surface area contributed by atoms with Crippen molar-refractivity contribution in [2.45, 2.75) is 12.5 Å². The molecule has 0 aliphatic carbocycles. The van der Waals surface area contributed by atoms with Crippen LogP contribution < -0.4 is 5.32 Å². The number of aryl methyl sites for hydroxylation is 1. The van der Waals surface area contributed by atoms with Crippen LogP contribution in [0.5, 0.6) is 0 Å². The lowest BCUT2D eigenvalue weighted by atomic mass is 10.2. The molecule has 0 bridgehead atoms. The molecule has 0 saturated carbocycles. The number of anilines is 1. The molecular weight excluding hydrogens is 228 g/mol. The Balaban J connectivity index is 2.80. The zero-order valence-corrected chi connectivity index (χ0v) is 9.79. The van der Waals surface area contributed by atoms with Crippen molar-refractivity contribution in [2.24, 2.45) is 7.05 Å². The molecule has 1 unspecified atom stereocenters. The van der Waals surface area contributed by atoms with E-state index in [-0.39, 0.29) is 24.2 Å². The van der Waals surface area contributed by atoms with E-state index >= 15 is 0 Å². The van der Waals surface area contributed by atoms with Crippen LogP contribution in [-0.2, 0) is 11.8 Å². The molecule has 1 rings (SSSR count). The van der Waals surface area contributed by atoms with Gasteiger partial charge in [-0.1, -0.05) is 0 Å². The average molecular weight is 244 g/mol. The van der Waals surface area contributed by atoms with Crippen LogP contribution in [0, 0.1) is 10.1 Å². The van der Waals surface area contributed by atoms with Crippen molar-refractivity contribution >= 4 is 11.5 Å². The first-order valence-corrected chi connectivity index (χ1v) is 5.12. The van der Waals surface area contributed by atoms with Crippen LogP contribution in [0.1, 0.15) is 6.42 Å². The van der Waals surface area contributed by atoms with Crippen LogP contribution >= 0.6 is 0 Å². The number of hydrogen-bond donors (Lipinski definition) is 2. The van der Waals surface area contributed by atoms with Crippen LogP contribution in [0.4, 0.5) is 11.5 Å². The summed E-state index contributed by atoms with van der Waals surface area (Å²) in [5, 5.41) is 26.5. The van der Waals surface area contributed by atoms with E-state index in [1.165, 1.54) is 18.0 Å². The van der Waals surface area contributed by atoms with Gasteiger partial charge in [0.05, 0.1) is 17.6 Å². The van der Waals surface area contributed by atoms with Gasteiger partial charge in [0.1, 0.15) is 6.20 Å². The van der Waals surface area contributed by atoms with Crippen molar-refractivity contribution in [3.63, 3.8) is 0 Å². The number of nitrogens with one attached hydrogen (secondary N) is 1. The van der Waals surface area contributed by atoms with Crippen LogP contribution in [0.25, 0.3) is 0 Å². The number of methoxy groups -OCH3 is 1. The maximum Gasteiger partial charge on any atom is 0.330 e. The Morgan fingerprint density at radius 1 is 1.76 bits per heavy atom. The van der Waals surface area contributed by atoms with Gasteiger partial charge in [-0.05, 0) is 6.42 Å². The summed E-state index contributed by atoms with van der Waals surface area (Å²) in [6.07, 6.45) is 1.76. The fourth-order valence-corrected chi connectivity index (χ4v) is 1.46. The Labute approximate surface area is 98.3 Å². The second-order valence-electron chi connectivity index (χ2n) is 3.60. The first kappa shape index (κ1) is 13.4. The lowest BCUT2D eigenvalue weighted by molar-refractivity contribution is -0.384. The highest BCUT2D eigenvalue weighted by molar-refractivity contribution is 5.55. The Morgan fingerprint density at radius 3 is 3.00 bits per heavy atom. The second-order valence-corrected chi connectivity index (χ2v) is 3.60. The minimum atomic E-state index is -0.502. The number of rotatable bonds is 7. The fourth-order valence-electron chi connectivity index (χ4n) is 1.46. The first-order chi connectivity index (χ1) is 8.08. The molecule has 0 radical (unpaired) electrons. The van der Waals surface area contributed by atoms with Gasteiger partial charge in [0, 0.05) is 20.8 Å². The molecule has 0 spiro atoms. The normalized spacial score (nSPS) is 12.4. The van der Waals surface area contributed by atoms with E-state index in [0.717, 1.165) is 0 Å². The van der Waals surface area contributed by atoms with Gasteiger partial charge in [0.25, 0.3) is 0 Å². The van der Waals surface area contributed by atoms with E-state index in [0.29, 0.717) is 13.0 Å². The highest BCUT2D eigenvalue weighted by Gasteiger charge is 2.21. The summed E-state index contributed by atoms with van der Waals surface area (Å²) in [7, 11) is 3.13. The molecule has 0 aliphatic heterocycles. The summed E-state index contributed by atoms with van der Waals surface area (Å²) < 4.78 is 6.32. The lowest BCUT2D eigenvalue weighted by Gasteiger charge is -2.15. The van der Waals surface area contributed by atoms with Gasteiger partial charge in [0.15, 0.2) is 0 Å². The van der Waals surface area contributed by atoms with E-state index in [2.05, 4.69) is 10.4 Å². The third-order valence-electron chi connectivity index (χ3n) is 2.19. The standard InChI is InChI=1S/C9H16N4O4/c1-12-5-8(13(15)16)9(11-12)10-7(3-4-14)6-17-2/h5,7,14H,3-4,6H2,1-2H3,(H,10,11). The molecule has 1 heterocycles. The smallest absolute Gasteiger partial charge is 0.330 e. The van der Waals surface area contributed by atoms with Gasteiger partial charge in [-0.2, -0.15) is 0 Å². The molecule has 0 saturated heterocycles. The molecule has 8 heteroatoms. The summed E-state index contributed by atoms with van der Waals surface area (Å²) >= 11 is 0. The van der Waals surface area contributed by atoms with Crippen molar-refractivity contribution in [1.29, 1.82) is 0 Å². The molecule has 0 aromatic carbocycles. The van der Waals surface area contributed by atoms with Gasteiger partial charge in [-0.3, -0.25) is 14.8 Å². The quantitative estimate of drug-likeness (QED) is 0.522. The van der Waals surface area contributed by atoms with E-state index < -0.39 is 4.92 Å². The van der Waals surface area contributed by atoms with Crippen molar-refractivity contribution in [3.05, 3.63) is 16.3 Å². The van der Waals surface area contributed by atoms with Gasteiger partial charge in [0.2, 0.25) is 5.82 Å². The van der Waals surface area contributed by atoms with Crippen LogP contribution in [0.2, 0.25) is 0 Å². The summed E-state index contributed by atoms with van der Waals surface area (Å²) in [5.41, 5.74) is -0.0912. The summed E-state index contributed by atoms with van der Waals surface area (Å²) in [5.74, 6) is 0.188. The van der Waals surface area contributed by atoms with E-state index in [4.69, 9.17) is 9.84 Å². The molecule has 0 fully saturated rings. The average Bonchev–Trinajstić information content (AvgIpc) is 2.60. The molecule has 17 heavy (non-hydrogen) atoms. The fraction of sp³-hybridized carbons (Fsp3) is 0.667. The summed E-state index contributed by atoms with van der Waals surface area (Å²) in [6.45, 7) is 0.315. The second kappa shape index (κ2) is 6.16. The Morgan fingerprint density at radius 2 is 2.47 bits per heavy atom. The molecule has 0 aliphatic rings. The van der Waals surface area contributed by atoms with Crippen LogP contribution in [0.3, 0.4) is 0 Å². The number of nitrogens with zero attached hydrogens (tertiary/aromatic N) is 3. The monoisotopic (exact) mass is 244 g/mol. The number of aromatic nitrogens is 2. The minimum absolute atomic E-state index is 0.0261. The molecule has 2 N–H and O–H groups in total. The number of aliphatic hydroxyl groups excluding tert-OH is 1.